The van der Waals surface area contributed by atoms with Crippen molar-refractivity contribution >= 4 is 11.5 Å². The number of aromatic carboxylic acids is 1. The number of hydrogen-bond acceptors (Lipinski definition) is 1. The summed E-state index contributed by atoms with van der Waals surface area (Å²) in [6.45, 7) is 5.51. The van der Waals surface area contributed by atoms with Gasteiger partial charge in [0.05, 0.1) is 5.56 Å². The Morgan fingerprint density at radius 3 is 2.62 bits per heavy atom. The Balaban J connectivity index is 3.11. The predicted octanol–water partition coefficient (Wildman–Crippen LogP) is 3.53. The van der Waals surface area contributed by atoms with E-state index in [0.717, 1.165) is 11.1 Å². The van der Waals surface area contributed by atoms with E-state index in [1.807, 2.05) is 31.2 Å². The fourth-order valence-electron chi connectivity index (χ4n) is 1.36. The van der Waals surface area contributed by atoms with Gasteiger partial charge in [0.15, 0.2) is 0 Å². The van der Waals surface area contributed by atoms with Gasteiger partial charge >= 0.3 is 5.97 Å². The first-order valence-electron chi connectivity index (χ1n) is 4.98. The maximum atomic E-state index is 10.8. The van der Waals surface area contributed by atoms with Crippen molar-refractivity contribution in [2.75, 3.05) is 0 Å². The molecule has 82 valence electrons. The molecule has 2 heteroatoms. The van der Waals surface area contributed by atoms with Gasteiger partial charge in [0.2, 0.25) is 0 Å². The van der Waals surface area contributed by atoms with Crippen molar-refractivity contribution in [1.29, 1.82) is 0 Å². The van der Waals surface area contributed by atoms with Crippen molar-refractivity contribution in [3.8, 4) is 0 Å². The van der Waals surface area contributed by atoms with Crippen LogP contribution in [0, 0.1) is 0 Å². The van der Waals surface area contributed by atoms with Crippen LogP contribution in [-0.2, 0) is 0 Å². The molecular weight excluding hydrogens is 200 g/mol. The van der Waals surface area contributed by atoms with Crippen molar-refractivity contribution in [2.24, 2.45) is 0 Å². The zero-order valence-corrected chi connectivity index (χ0v) is 9.18. The summed E-state index contributed by atoms with van der Waals surface area (Å²) in [5, 5.41) is 8.89. The fraction of sp³-hybridized carbons (Fsp3) is 0.0714. The summed E-state index contributed by atoms with van der Waals surface area (Å²) in [4.78, 5) is 10.8. The van der Waals surface area contributed by atoms with E-state index >= 15 is 0 Å². The molecule has 1 aromatic carbocycles. The van der Waals surface area contributed by atoms with Gasteiger partial charge in [-0.2, -0.15) is 0 Å². The minimum absolute atomic E-state index is 0.295. The molecule has 0 unspecified atom stereocenters. The second-order valence-corrected chi connectivity index (χ2v) is 3.22. The third-order valence-electron chi connectivity index (χ3n) is 2.17. The van der Waals surface area contributed by atoms with Crippen molar-refractivity contribution in [2.45, 2.75) is 6.92 Å². The number of hydrogen-bond donors (Lipinski definition) is 1. The molecule has 0 bridgehead atoms. The van der Waals surface area contributed by atoms with E-state index in [1.54, 1.807) is 24.3 Å². The molecular formula is C14H14O2. The third-order valence-corrected chi connectivity index (χ3v) is 2.17. The van der Waals surface area contributed by atoms with Crippen molar-refractivity contribution in [3.05, 3.63) is 66.3 Å². The summed E-state index contributed by atoms with van der Waals surface area (Å²) in [5.41, 5.74) is 2.16. The normalized spacial score (nSPS) is 11.7. The second kappa shape index (κ2) is 5.71. The molecule has 0 aromatic heterocycles. The van der Waals surface area contributed by atoms with Crippen LogP contribution in [-0.4, -0.2) is 11.1 Å². The third kappa shape index (κ3) is 2.95. The summed E-state index contributed by atoms with van der Waals surface area (Å²) in [5.74, 6) is -0.912. The molecule has 0 aliphatic rings. The van der Waals surface area contributed by atoms with E-state index in [1.165, 1.54) is 0 Å². The van der Waals surface area contributed by atoms with Crippen LogP contribution in [0.25, 0.3) is 5.57 Å². The topological polar surface area (TPSA) is 37.3 Å². The highest BCUT2D eigenvalue weighted by molar-refractivity contribution is 5.89. The number of rotatable bonds is 4. The lowest BCUT2D eigenvalue weighted by atomic mass is 10.0. The first-order chi connectivity index (χ1) is 7.69. The minimum Gasteiger partial charge on any atom is -0.478 e. The van der Waals surface area contributed by atoms with Gasteiger partial charge < -0.3 is 5.11 Å². The maximum absolute atomic E-state index is 10.8. The van der Waals surface area contributed by atoms with Crippen LogP contribution < -0.4 is 0 Å². The smallest absolute Gasteiger partial charge is 0.335 e. The van der Waals surface area contributed by atoms with Gasteiger partial charge in [0.1, 0.15) is 0 Å². The lowest BCUT2D eigenvalue weighted by molar-refractivity contribution is 0.0697. The summed E-state index contributed by atoms with van der Waals surface area (Å²) in [6, 6.07) is 6.86. The molecule has 0 aliphatic carbocycles. The summed E-state index contributed by atoms with van der Waals surface area (Å²) in [7, 11) is 0. The van der Waals surface area contributed by atoms with Gasteiger partial charge in [-0.3, -0.25) is 0 Å². The van der Waals surface area contributed by atoms with Gasteiger partial charge in [-0.15, -0.1) is 0 Å². The molecule has 0 atom stereocenters. The fourth-order valence-corrected chi connectivity index (χ4v) is 1.36. The largest absolute Gasteiger partial charge is 0.478 e. The van der Waals surface area contributed by atoms with E-state index in [2.05, 4.69) is 6.58 Å². The Morgan fingerprint density at radius 2 is 2.06 bits per heavy atom. The Bertz CT molecular complexity index is 454. The monoisotopic (exact) mass is 214 g/mol. The molecule has 1 N–H and O–H groups in total. The van der Waals surface area contributed by atoms with Crippen molar-refractivity contribution < 1.29 is 9.90 Å². The van der Waals surface area contributed by atoms with Gasteiger partial charge in [0.25, 0.3) is 0 Å². The summed E-state index contributed by atoms with van der Waals surface area (Å²) >= 11 is 0. The lowest BCUT2D eigenvalue weighted by Crippen LogP contribution is -1.96. The Labute approximate surface area is 95.2 Å². The highest BCUT2D eigenvalue weighted by Crippen LogP contribution is 2.17. The highest BCUT2D eigenvalue weighted by Gasteiger charge is 2.04. The van der Waals surface area contributed by atoms with Crippen LogP contribution in [0.2, 0.25) is 0 Å². The molecule has 0 radical (unpaired) electrons. The molecule has 1 aromatic rings. The van der Waals surface area contributed by atoms with Crippen LogP contribution in [0.3, 0.4) is 0 Å². The van der Waals surface area contributed by atoms with Gasteiger partial charge in [-0.1, -0.05) is 43.0 Å². The van der Waals surface area contributed by atoms with Crippen LogP contribution in [0.15, 0.2) is 55.1 Å². The second-order valence-electron chi connectivity index (χ2n) is 3.22. The molecule has 0 heterocycles. The van der Waals surface area contributed by atoms with E-state index in [4.69, 9.17) is 5.11 Å². The van der Waals surface area contributed by atoms with E-state index in [9.17, 15) is 4.79 Å². The quantitative estimate of drug-likeness (QED) is 0.778. The number of benzene rings is 1. The van der Waals surface area contributed by atoms with Crippen LogP contribution in [0.5, 0.6) is 0 Å². The number of carboxylic acid groups (broad SMARTS) is 1. The van der Waals surface area contributed by atoms with Crippen molar-refractivity contribution in [3.63, 3.8) is 0 Å². The first kappa shape index (κ1) is 12.0. The van der Waals surface area contributed by atoms with E-state index in [-0.39, 0.29) is 0 Å². The molecule has 0 saturated heterocycles. The molecule has 0 amide bonds. The van der Waals surface area contributed by atoms with Gasteiger partial charge in [-0.05, 0) is 30.2 Å². The van der Waals surface area contributed by atoms with Crippen molar-refractivity contribution in [1.82, 2.24) is 0 Å². The van der Waals surface area contributed by atoms with Crippen LogP contribution in [0.1, 0.15) is 22.8 Å². The Kier molecular flexibility index (Phi) is 4.28. The number of carboxylic acids is 1. The summed E-state index contributed by atoms with van der Waals surface area (Å²) in [6.07, 6.45) is 7.34. The molecule has 0 spiro atoms. The standard InChI is InChI=1S/C14H14O2/c1-3-5-7-11(4-2)12-8-6-9-13(10-12)14(15)16/h3-10H,1H2,2H3,(H,15,16)/b7-5-,11-4+. The van der Waals surface area contributed by atoms with E-state index in [0.29, 0.717) is 5.56 Å². The maximum Gasteiger partial charge on any atom is 0.335 e. The minimum atomic E-state index is -0.912. The first-order valence-corrected chi connectivity index (χ1v) is 4.98. The molecule has 0 saturated carbocycles. The van der Waals surface area contributed by atoms with Gasteiger partial charge in [0, 0.05) is 0 Å². The SMILES string of the molecule is C=C/C=C\C(=C/C)c1cccc(C(=O)O)c1. The van der Waals surface area contributed by atoms with Crippen LogP contribution >= 0.6 is 0 Å². The summed E-state index contributed by atoms with van der Waals surface area (Å²) < 4.78 is 0. The number of allylic oxidation sites excluding steroid dienone is 5. The molecule has 1 rings (SSSR count). The molecule has 0 aliphatic heterocycles. The zero-order chi connectivity index (χ0) is 12.0. The predicted molar refractivity (Wildman–Crippen MR) is 66.4 cm³/mol. The van der Waals surface area contributed by atoms with E-state index < -0.39 is 5.97 Å². The molecule has 16 heavy (non-hydrogen) atoms. The lowest BCUT2D eigenvalue weighted by Gasteiger charge is -2.03. The average molecular weight is 214 g/mol. The zero-order valence-electron chi connectivity index (χ0n) is 9.18. The molecule has 2 nitrogen and oxygen atoms in total. The average Bonchev–Trinajstić information content (AvgIpc) is 2.30. The highest BCUT2D eigenvalue weighted by atomic mass is 16.4. The Morgan fingerprint density at radius 1 is 1.38 bits per heavy atom. The molecule has 0 fully saturated rings. The Hall–Kier alpha value is -2.09. The van der Waals surface area contributed by atoms with Crippen LogP contribution in [0.4, 0.5) is 0 Å². The van der Waals surface area contributed by atoms with Gasteiger partial charge in [-0.25, -0.2) is 4.79 Å². The number of carbonyl (C=O) groups is 1.